The minimum absolute atomic E-state index is 0. The van der Waals surface area contributed by atoms with E-state index < -0.39 is 0 Å². The van der Waals surface area contributed by atoms with E-state index in [0.29, 0.717) is 0 Å². The van der Waals surface area contributed by atoms with Gasteiger partial charge in [0.15, 0.2) is 5.96 Å². The second-order valence-electron chi connectivity index (χ2n) is 5.86. The first kappa shape index (κ1) is 20.0. The van der Waals surface area contributed by atoms with Gasteiger partial charge in [-0.15, -0.1) is 24.0 Å². The molecule has 1 aliphatic rings. The summed E-state index contributed by atoms with van der Waals surface area (Å²) in [6, 6.07) is 0. The largest absolute Gasteiger partial charge is 0.370 e. The average molecular weight is 396 g/mol. The van der Waals surface area contributed by atoms with Gasteiger partial charge in [-0.05, 0) is 52.7 Å². The molecule has 0 aromatic carbocycles. The summed E-state index contributed by atoms with van der Waals surface area (Å²) in [5.41, 5.74) is 6.01. The highest BCUT2D eigenvalue weighted by Crippen LogP contribution is 2.08. The number of aliphatic imine (C=N–C) groups is 1. The van der Waals surface area contributed by atoms with Crippen molar-refractivity contribution < 1.29 is 0 Å². The fraction of sp³-hybridized carbons (Fsp3) is 0.933. The molecule has 0 saturated carbocycles. The molecule has 120 valence electrons. The lowest BCUT2D eigenvalue weighted by Crippen LogP contribution is -2.40. The zero-order valence-electron chi connectivity index (χ0n) is 13.3. The fourth-order valence-corrected chi connectivity index (χ4v) is 2.49. The Morgan fingerprint density at radius 2 is 1.60 bits per heavy atom. The number of likely N-dealkylation sites (tertiary alicyclic amines) is 1. The second kappa shape index (κ2) is 12.7. The number of unbranched alkanes of at least 4 members (excludes halogenated alkanes) is 4. The lowest BCUT2D eigenvalue weighted by atomic mass is 10.1. The maximum Gasteiger partial charge on any atom is 0.191 e. The Hall–Kier alpha value is -0.0400. The third-order valence-corrected chi connectivity index (χ3v) is 3.72. The lowest BCUT2D eigenvalue weighted by Gasteiger charge is -2.27. The molecule has 0 atom stereocenters. The Balaban J connectivity index is 0.00000361. The SMILES string of the molecule is CN(C)CCCCCCCN=C(N)N1CCCCC1.I. The molecule has 1 saturated heterocycles. The Morgan fingerprint density at radius 1 is 1.00 bits per heavy atom. The fourth-order valence-electron chi connectivity index (χ4n) is 2.49. The van der Waals surface area contributed by atoms with Crippen molar-refractivity contribution in [2.24, 2.45) is 10.7 Å². The standard InChI is InChI=1S/C15H32N4.HI/c1-18(2)12-8-5-3-4-7-11-17-15(16)19-13-9-6-10-14-19;/h3-14H2,1-2H3,(H2,16,17);1H. The molecule has 0 radical (unpaired) electrons. The summed E-state index contributed by atoms with van der Waals surface area (Å²) in [5, 5.41) is 0. The van der Waals surface area contributed by atoms with Gasteiger partial charge < -0.3 is 15.5 Å². The van der Waals surface area contributed by atoms with E-state index in [2.05, 4.69) is 28.9 Å². The number of guanidine groups is 1. The van der Waals surface area contributed by atoms with Gasteiger partial charge in [-0.25, -0.2) is 0 Å². The summed E-state index contributed by atoms with van der Waals surface area (Å²) < 4.78 is 0. The van der Waals surface area contributed by atoms with E-state index in [-0.39, 0.29) is 24.0 Å². The van der Waals surface area contributed by atoms with Crippen molar-refractivity contribution in [1.82, 2.24) is 9.80 Å². The molecule has 0 aromatic heterocycles. The minimum Gasteiger partial charge on any atom is -0.370 e. The first-order valence-corrected chi connectivity index (χ1v) is 7.90. The summed E-state index contributed by atoms with van der Waals surface area (Å²) in [7, 11) is 4.27. The molecule has 1 heterocycles. The second-order valence-corrected chi connectivity index (χ2v) is 5.86. The number of hydrogen-bond acceptors (Lipinski definition) is 2. The van der Waals surface area contributed by atoms with E-state index in [9.17, 15) is 0 Å². The third-order valence-electron chi connectivity index (χ3n) is 3.72. The van der Waals surface area contributed by atoms with Crippen molar-refractivity contribution in [3.8, 4) is 0 Å². The zero-order valence-corrected chi connectivity index (χ0v) is 15.6. The Bertz CT molecular complexity index is 250. The molecule has 1 aliphatic heterocycles. The highest BCUT2D eigenvalue weighted by molar-refractivity contribution is 14.0. The van der Waals surface area contributed by atoms with Gasteiger partial charge in [-0.2, -0.15) is 0 Å². The van der Waals surface area contributed by atoms with Crippen LogP contribution in [0.15, 0.2) is 4.99 Å². The molecule has 5 heteroatoms. The van der Waals surface area contributed by atoms with Gasteiger partial charge in [-0.3, -0.25) is 4.99 Å². The molecule has 20 heavy (non-hydrogen) atoms. The van der Waals surface area contributed by atoms with E-state index >= 15 is 0 Å². The molecular formula is C15H33IN4. The molecule has 1 rings (SSSR count). The van der Waals surface area contributed by atoms with Gasteiger partial charge >= 0.3 is 0 Å². The van der Waals surface area contributed by atoms with Crippen LogP contribution in [-0.2, 0) is 0 Å². The summed E-state index contributed by atoms with van der Waals surface area (Å²) in [6.45, 7) is 4.30. The number of nitrogens with two attached hydrogens (primary N) is 1. The quantitative estimate of drug-likeness (QED) is 0.297. The van der Waals surface area contributed by atoms with Gasteiger partial charge in [0, 0.05) is 19.6 Å². The van der Waals surface area contributed by atoms with E-state index in [1.807, 2.05) is 0 Å². The van der Waals surface area contributed by atoms with Crippen LogP contribution >= 0.6 is 24.0 Å². The van der Waals surface area contributed by atoms with Crippen LogP contribution in [0.1, 0.15) is 51.4 Å². The normalized spacial score (nSPS) is 16.4. The molecule has 0 spiro atoms. The molecule has 2 N–H and O–H groups in total. The number of nitrogens with zero attached hydrogens (tertiary/aromatic N) is 3. The van der Waals surface area contributed by atoms with Crippen molar-refractivity contribution in [1.29, 1.82) is 0 Å². The smallest absolute Gasteiger partial charge is 0.191 e. The van der Waals surface area contributed by atoms with Crippen LogP contribution in [0.3, 0.4) is 0 Å². The Kier molecular flexibility index (Phi) is 12.7. The van der Waals surface area contributed by atoms with Crippen LogP contribution in [0, 0.1) is 0 Å². The molecule has 0 unspecified atom stereocenters. The van der Waals surface area contributed by atoms with Gasteiger partial charge in [0.1, 0.15) is 0 Å². The number of rotatable bonds is 8. The van der Waals surface area contributed by atoms with Gasteiger partial charge in [0.05, 0.1) is 0 Å². The van der Waals surface area contributed by atoms with Gasteiger partial charge in [0.25, 0.3) is 0 Å². The Labute approximate surface area is 142 Å². The summed E-state index contributed by atoms with van der Waals surface area (Å²) >= 11 is 0. The molecule has 0 amide bonds. The summed E-state index contributed by atoms with van der Waals surface area (Å²) in [6.07, 6.45) is 10.3. The van der Waals surface area contributed by atoms with E-state index in [1.165, 1.54) is 57.9 Å². The van der Waals surface area contributed by atoms with Gasteiger partial charge in [-0.1, -0.05) is 19.3 Å². The minimum atomic E-state index is 0. The number of halogens is 1. The topological polar surface area (TPSA) is 44.9 Å². The average Bonchev–Trinajstić information content (AvgIpc) is 2.42. The van der Waals surface area contributed by atoms with Crippen LogP contribution in [-0.4, -0.2) is 56.0 Å². The van der Waals surface area contributed by atoms with Crippen LogP contribution in [0.5, 0.6) is 0 Å². The predicted molar refractivity (Wildman–Crippen MR) is 99.0 cm³/mol. The monoisotopic (exact) mass is 396 g/mol. The molecule has 4 nitrogen and oxygen atoms in total. The van der Waals surface area contributed by atoms with Crippen molar-refractivity contribution in [2.45, 2.75) is 51.4 Å². The molecule has 1 fully saturated rings. The highest BCUT2D eigenvalue weighted by atomic mass is 127. The first-order valence-electron chi connectivity index (χ1n) is 7.90. The Morgan fingerprint density at radius 3 is 2.25 bits per heavy atom. The first-order chi connectivity index (χ1) is 9.20. The van der Waals surface area contributed by atoms with E-state index in [0.717, 1.165) is 25.6 Å². The molecular weight excluding hydrogens is 363 g/mol. The van der Waals surface area contributed by atoms with E-state index in [1.54, 1.807) is 0 Å². The van der Waals surface area contributed by atoms with Crippen LogP contribution in [0.25, 0.3) is 0 Å². The number of piperidine rings is 1. The molecule has 0 aromatic rings. The van der Waals surface area contributed by atoms with Gasteiger partial charge in [0.2, 0.25) is 0 Å². The van der Waals surface area contributed by atoms with Crippen molar-refractivity contribution >= 4 is 29.9 Å². The number of hydrogen-bond donors (Lipinski definition) is 1. The predicted octanol–water partition coefficient (Wildman–Crippen LogP) is 2.92. The van der Waals surface area contributed by atoms with E-state index in [4.69, 9.17) is 5.73 Å². The lowest BCUT2D eigenvalue weighted by molar-refractivity contribution is 0.338. The van der Waals surface area contributed by atoms with Crippen LogP contribution in [0.2, 0.25) is 0 Å². The van der Waals surface area contributed by atoms with Crippen molar-refractivity contribution in [3.05, 3.63) is 0 Å². The molecule has 0 aliphatic carbocycles. The van der Waals surface area contributed by atoms with Crippen molar-refractivity contribution in [3.63, 3.8) is 0 Å². The summed E-state index contributed by atoms with van der Waals surface area (Å²) in [4.78, 5) is 9.00. The third kappa shape index (κ3) is 9.80. The molecule has 0 bridgehead atoms. The highest BCUT2D eigenvalue weighted by Gasteiger charge is 2.11. The summed E-state index contributed by atoms with van der Waals surface area (Å²) in [5.74, 6) is 0.771. The van der Waals surface area contributed by atoms with Crippen molar-refractivity contribution in [2.75, 3.05) is 40.3 Å². The maximum absolute atomic E-state index is 6.01. The zero-order chi connectivity index (χ0) is 13.9. The maximum atomic E-state index is 6.01. The van der Waals surface area contributed by atoms with Crippen LogP contribution < -0.4 is 5.73 Å². The van der Waals surface area contributed by atoms with Crippen LogP contribution in [0.4, 0.5) is 0 Å².